The van der Waals surface area contributed by atoms with Crippen molar-refractivity contribution in [1.29, 1.82) is 0 Å². The molecule has 0 amide bonds. The SMILES string of the molecule is CCOCCNCc1cccc(CCl)c1. The average Bonchev–Trinajstić information content (AvgIpc) is 2.29. The first-order valence-electron chi connectivity index (χ1n) is 5.29. The van der Waals surface area contributed by atoms with Crippen LogP contribution in [-0.2, 0) is 17.2 Å². The van der Waals surface area contributed by atoms with E-state index in [4.69, 9.17) is 16.3 Å². The van der Waals surface area contributed by atoms with Gasteiger partial charge in [0.15, 0.2) is 0 Å². The number of rotatable bonds is 7. The molecular weight excluding hydrogens is 210 g/mol. The second-order valence-corrected chi connectivity index (χ2v) is 3.59. The van der Waals surface area contributed by atoms with Crippen LogP contribution in [0.5, 0.6) is 0 Å². The molecule has 0 heterocycles. The third kappa shape index (κ3) is 5.17. The summed E-state index contributed by atoms with van der Waals surface area (Å²) in [5.74, 6) is 0.576. The van der Waals surface area contributed by atoms with E-state index in [1.54, 1.807) is 0 Å². The third-order valence-electron chi connectivity index (χ3n) is 2.10. The molecule has 0 aliphatic carbocycles. The van der Waals surface area contributed by atoms with Crippen molar-refractivity contribution in [1.82, 2.24) is 5.32 Å². The standard InChI is InChI=1S/C12H18ClNO/c1-2-15-7-6-14-10-12-5-3-4-11(8-12)9-13/h3-5,8,14H,2,6-7,9-10H2,1H3. The van der Waals surface area contributed by atoms with Gasteiger partial charge in [-0.3, -0.25) is 0 Å². The van der Waals surface area contributed by atoms with Gasteiger partial charge in [0.1, 0.15) is 0 Å². The molecule has 0 spiro atoms. The Hall–Kier alpha value is -0.570. The van der Waals surface area contributed by atoms with Crippen LogP contribution in [0, 0.1) is 0 Å². The minimum atomic E-state index is 0.576. The quantitative estimate of drug-likeness (QED) is 0.571. The first-order valence-corrected chi connectivity index (χ1v) is 5.82. The number of benzene rings is 1. The van der Waals surface area contributed by atoms with Gasteiger partial charge in [-0.15, -0.1) is 11.6 Å². The molecule has 2 nitrogen and oxygen atoms in total. The van der Waals surface area contributed by atoms with Crippen molar-refractivity contribution in [2.75, 3.05) is 19.8 Å². The maximum Gasteiger partial charge on any atom is 0.0590 e. The number of hydrogen-bond acceptors (Lipinski definition) is 2. The molecule has 3 heteroatoms. The van der Waals surface area contributed by atoms with Gasteiger partial charge in [0, 0.05) is 25.6 Å². The van der Waals surface area contributed by atoms with Gasteiger partial charge in [-0.1, -0.05) is 24.3 Å². The molecule has 0 aromatic heterocycles. The van der Waals surface area contributed by atoms with Gasteiger partial charge in [0.25, 0.3) is 0 Å². The van der Waals surface area contributed by atoms with Gasteiger partial charge in [-0.05, 0) is 18.1 Å². The first-order chi connectivity index (χ1) is 7.36. The zero-order valence-corrected chi connectivity index (χ0v) is 9.89. The highest BCUT2D eigenvalue weighted by Gasteiger charge is 1.94. The van der Waals surface area contributed by atoms with Gasteiger partial charge in [0.05, 0.1) is 6.61 Å². The van der Waals surface area contributed by atoms with Crippen molar-refractivity contribution in [3.8, 4) is 0 Å². The van der Waals surface area contributed by atoms with Crippen LogP contribution in [0.15, 0.2) is 24.3 Å². The summed E-state index contributed by atoms with van der Waals surface area (Å²) in [6, 6.07) is 8.30. The summed E-state index contributed by atoms with van der Waals surface area (Å²) >= 11 is 5.76. The van der Waals surface area contributed by atoms with Gasteiger partial charge in [0.2, 0.25) is 0 Å². The molecule has 0 saturated carbocycles. The molecule has 0 aliphatic rings. The van der Waals surface area contributed by atoms with E-state index in [0.29, 0.717) is 5.88 Å². The Labute approximate surface area is 96.6 Å². The molecule has 1 N–H and O–H groups in total. The number of alkyl halides is 1. The molecule has 15 heavy (non-hydrogen) atoms. The van der Waals surface area contributed by atoms with Crippen molar-refractivity contribution in [2.24, 2.45) is 0 Å². The fourth-order valence-corrected chi connectivity index (χ4v) is 1.51. The van der Waals surface area contributed by atoms with Crippen molar-refractivity contribution in [3.63, 3.8) is 0 Å². The summed E-state index contributed by atoms with van der Waals surface area (Å²) in [7, 11) is 0. The van der Waals surface area contributed by atoms with Crippen molar-refractivity contribution in [2.45, 2.75) is 19.3 Å². The lowest BCUT2D eigenvalue weighted by Crippen LogP contribution is -2.19. The van der Waals surface area contributed by atoms with Gasteiger partial charge < -0.3 is 10.1 Å². The Morgan fingerprint density at radius 1 is 1.33 bits per heavy atom. The van der Waals surface area contributed by atoms with Gasteiger partial charge in [-0.2, -0.15) is 0 Å². The zero-order chi connectivity index (χ0) is 10.9. The molecule has 1 aromatic rings. The van der Waals surface area contributed by atoms with Crippen molar-refractivity contribution < 1.29 is 4.74 Å². The molecule has 0 fully saturated rings. The maximum absolute atomic E-state index is 5.76. The smallest absolute Gasteiger partial charge is 0.0590 e. The topological polar surface area (TPSA) is 21.3 Å². The van der Waals surface area contributed by atoms with E-state index in [-0.39, 0.29) is 0 Å². The molecule has 0 aliphatic heterocycles. The number of halogens is 1. The van der Waals surface area contributed by atoms with Crippen LogP contribution in [0.1, 0.15) is 18.1 Å². The Kier molecular flexibility index (Phi) is 6.41. The monoisotopic (exact) mass is 227 g/mol. The minimum absolute atomic E-state index is 0.576. The number of hydrogen-bond donors (Lipinski definition) is 1. The lowest BCUT2D eigenvalue weighted by molar-refractivity contribution is 0.149. The zero-order valence-electron chi connectivity index (χ0n) is 9.13. The fourth-order valence-electron chi connectivity index (χ4n) is 1.34. The van der Waals surface area contributed by atoms with E-state index in [1.165, 1.54) is 11.1 Å². The molecule has 1 aromatic carbocycles. The summed E-state index contributed by atoms with van der Waals surface area (Å²) in [6.07, 6.45) is 0. The Bertz CT molecular complexity index is 278. The number of nitrogens with one attached hydrogen (secondary N) is 1. The second kappa shape index (κ2) is 7.69. The molecule has 0 bridgehead atoms. The maximum atomic E-state index is 5.76. The molecule has 0 atom stereocenters. The molecular formula is C12H18ClNO. The van der Waals surface area contributed by atoms with E-state index >= 15 is 0 Å². The van der Waals surface area contributed by atoms with Gasteiger partial charge in [-0.25, -0.2) is 0 Å². The van der Waals surface area contributed by atoms with Crippen LogP contribution in [0.4, 0.5) is 0 Å². The highest BCUT2D eigenvalue weighted by Crippen LogP contribution is 2.07. The highest BCUT2D eigenvalue weighted by molar-refractivity contribution is 6.17. The average molecular weight is 228 g/mol. The fraction of sp³-hybridized carbons (Fsp3) is 0.500. The van der Waals surface area contributed by atoms with Crippen LogP contribution in [-0.4, -0.2) is 19.8 Å². The van der Waals surface area contributed by atoms with Crippen LogP contribution in [0.2, 0.25) is 0 Å². The van der Waals surface area contributed by atoms with Crippen LogP contribution >= 0.6 is 11.6 Å². The molecule has 84 valence electrons. The lowest BCUT2D eigenvalue weighted by Gasteiger charge is -2.06. The minimum Gasteiger partial charge on any atom is -0.380 e. The third-order valence-corrected chi connectivity index (χ3v) is 2.41. The number of ether oxygens (including phenoxy) is 1. The van der Waals surface area contributed by atoms with E-state index < -0.39 is 0 Å². The Balaban J connectivity index is 2.24. The molecule has 0 unspecified atom stereocenters. The highest BCUT2D eigenvalue weighted by atomic mass is 35.5. The molecule has 1 rings (SSSR count). The van der Waals surface area contributed by atoms with Crippen molar-refractivity contribution >= 4 is 11.6 Å². The largest absolute Gasteiger partial charge is 0.380 e. The van der Waals surface area contributed by atoms with Crippen LogP contribution in [0.25, 0.3) is 0 Å². The molecule has 0 radical (unpaired) electrons. The van der Waals surface area contributed by atoms with Crippen LogP contribution in [0.3, 0.4) is 0 Å². The summed E-state index contributed by atoms with van der Waals surface area (Å²) in [6.45, 7) is 5.32. The van der Waals surface area contributed by atoms with E-state index in [0.717, 1.165) is 26.3 Å². The second-order valence-electron chi connectivity index (χ2n) is 3.33. The summed E-state index contributed by atoms with van der Waals surface area (Å²) < 4.78 is 5.23. The predicted octanol–water partition coefficient (Wildman–Crippen LogP) is 2.55. The predicted molar refractivity (Wildman–Crippen MR) is 64.2 cm³/mol. The van der Waals surface area contributed by atoms with Crippen molar-refractivity contribution in [3.05, 3.63) is 35.4 Å². The summed E-state index contributed by atoms with van der Waals surface area (Å²) in [5.41, 5.74) is 2.44. The molecule has 0 saturated heterocycles. The van der Waals surface area contributed by atoms with Gasteiger partial charge >= 0.3 is 0 Å². The van der Waals surface area contributed by atoms with E-state index in [9.17, 15) is 0 Å². The summed E-state index contributed by atoms with van der Waals surface area (Å²) in [4.78, 5) is 0. The Morgan fingerprint density at radius 2 is 2.13 bits per heavy atom. The normalized spacial score (nSPS) is 10.5. The van der Waals surface area contributed by atoms with E-state index in [2.05, 4.69) is 17.4 Å². The lowest BCUT2D eigenvalue weighted by atomic mass is 10.1. The Morgan fingerprint density at radius 3 is 2.87 bits per heavy atom. The first kappa shape index (κ1) is 12.5. The van der Waals surface area contributed by atoms with E-state index in [1.807, 2.05) is 19.1 Å². The summed E-state index contributed by atoms with van der Waals surface area (Å²) in [5, 5.41) is 3.32. The van der Waals surface area contributed by atoms with Crippen LogP contribution < -0.4 is 5.32 Å².